The number of carbonyl (C=O) groups excluding carboxylic acids is 1. The average molecular weight is 491 g/mol. The minimum Gasteiger partial charge on any atom is -0.491 e. The number of benzene rings is 2. The van der Waals surface area contributed by atoms with Gasteiger partial charge in [0.2, 0.25) is 0 Å². The van der Waals surface area contributed by atoms with Gasteiger partial charge in [-0.25, -0.2) is 0 Å². The van der Waals surface area contributed by atoms with Crippen molar-refractivity contribution in [2.24, 2.45) is 5.92 Å². The van der Waals surface area contributed by atoms with Gasteiger partial charge in [0.05, 0.1) is 6.10 Å². The summed E-state index contributed by atoms with van der Waals surface area (Å²) in [5.41, 5.74) is 4.97. The summed E-state index contributed by atoms with van der Waals surface area (Å²) in [5.74, 6) is 1.72. The summed E-state index contributed by atoms with van der Waals surface area (Å²) >= 11 is 0. The zero-order chi connectivity index (χ0) is 24.7. The van der Waals surface area contributed by atoms with Gasteiger partial charge in [0.1, 0.15) is 12.4 Å². The minimum atomic E-state index is -0.00257. The molecule has 2 aromatic rings. The molecule has 0 radical (unpaired) electrons. The van der Waals surface area contributed by atoms with Crippen LogP contribution in [-0.4, -0.2) is 49.3 Å². The number of likely N-dealkylation sites (tertiary alicyclic amines) is 1. The molecule has 36 heavy (non-hydrogen) atoms. The summed E-state index contributed by atoms with van der Waals surface area (Å²) in [7, 11) is 0. The van der Waals surface area contributed by atoms with Crippen LogP contribution in [-0.2, 0) is 24.1 Å². The van der Waals surface area contributed by atoms with E-state index >= 15 is 0 Å². The first-order valence-electron chi connectivity index (χ1n) is 14.1. The topological polar surface area (TPSA) is 50.8 Å². The number of fused-ring (bicyclic) bond motifs is 1. The third-order valence-electron chi connectivity index (χ3n) is 8.22. The van der Waals surface area contributed by atoms with Crippen molar-refractivity contribution < 1.29 is 14.3 Å². The lowest BCUT2D eigenvalue weighted by Gasteiger charge is -2.32. The molecule has 5 rings (SSSR count). The van der Waals surface area contributed by atoms with Gasteiger partial charge >= 0.3 is 0 Å². The first-order chi connectivity index (χ1) is 17.7. The normalized spacial score (nSPS) is 22.8. The number of nitrogens with one attached hydrogen (secondary N) is 1. The molecule has 0 saturated carbocycles. The highest BCUT2D eigenvalue weighted by Gasteiger charge is 2.23. The highest BCUT2D eigenvalue weighted by Crippen LogP contribution is 2.26. The fourth-order valence-electron chi connectivity index (χ4n) is 6.07. The average Bonchev–Trinajstić information content (AvgIpc) is 3.43. The number of ether oxygens (including phenoxy) is 2. The van der Waals surface area contributed by atoms with E-state index in [2.05, 4.69) is 35.3 Å². The lowest BCUT2D eigenvalue weighted by atomic mass is 9.86. The van der Waals surface area contributed by atoms with Crippen LogP contribution < -0.4 is 10.1 Å². The second-order valence-corrected chi connectivity index (χ2v) is 11.0. The molecule has 0 spiro atoms. The maximum Gasteiger partial charge on any atom is 0.251 e. The second kappa shape index (κ2) is 12.2. The predicted molar refractivity (Wildman–Crippen MR) is 144 cm³/mol. The van der Waals surface area contributed by atoms with E-state index in [-0.39, 0.29) is 18.1 Å². The van der Waals surface area contributed by atoms with Crippen molar-refractivity contribution in [2.45, 2.75) is 83.4 Å². The molecule has 1 amide bonds. The molecule has 2 atom stereocenters. The highest BCUT2D eigenvalue weighted by atomic mass is 16.5. The molecule has 2 heterocycles. The highest BCUT2D eigenvalue weighted by molar-refractivity contribution is 5.94. The molecule has 0 bridgehead atoms. The number of amides is 1. The van der Waals surface area contributed by atoms with E-state index in [4.69, 9.17) is 9.47 Å². The number of carbonyl (C=O) groups is 1. The van der Waals surface area contributed by atoms with Crippen molar-refractivity contribution in [2.75, 3.05) is 26.3 Å². The van der Waals surface area contributed by atoms with Gasteiger partial charge in [-0.15, -0.1) is 0 Å². The second-order valence-electron chi connectivity index (χ2n) is 11.0. The summed E-state index contributed by atoms with van der Waals surface area (Å²) in [6.45, 7) is 7.25. The van der Waals surface area contributed by atoms with E-state index in [0.29, 0.717) is 12.2 Å². The molecule has 1 aliphatic carbocycles. The first kappa shape index (κ1) is 25.3. The van der Waals surface area contributed by atoms with Gasteiger partial charge in [-0.2, -0.15) is 0 Å². The van der Waals surface area contributed by atoms with Crippen LogP contribution in [0.2, 0.25) is 0 Å². The zero-order valence-corrected chi connectivity index (χ0v) is 21.8. The lowest BCUT2D eigenvalue weighted by Crippen LogP contribution is -2.39. The Labute approximate surface area is 216 Å². The molecular weight excluding hydrogens is 448 g/mol. The molecule has 2 saturated heterocycles. The molecule has 2 fully saturated rings. The largest absolute Gasteiger partial charge is 0.491 e. The van der Waals surface area contributed by atoms with Crippen LogP contribution in [0.1, 0.15) is 78.9 Å². The number of piperidine rings is 1. The predicted octanol–water partition coefficient (Wildman–Crippen LogP) is 5.54. The van der Waals surface area contributed by atoms with Crippen molar-refractivity contribution in [1.82, 2.24) is 10.2 Å². The van der Waals surface area contributed by atoms with Crippen molar-refractivity contribution in [3.05, 3.63) is 64.7 Å². The standard InChI is InChI=1S/C31H42N2O3/c1-2-4-23-14-16-33(17-15-23)21-24-6-7-27-20-28(11-8-26(27)19-24)32-31(34)25-9-12-29(13-10-25)36-22-30-5-3-18-35-30/h6-7,9-10,12-13,19,23,28,30H,2-5,8,11,14-18,20-22H2,1H3,(H,32,34)/t28-,30-/m0/s1. The van der Waals surface area contributed by atoms with Gasteiger partial charge in [0.25, 0.3) is 5.91 Å². The van der Waals surface area contributed by atoms with Gasteiger partial charge < -0.3 is 14.8 Å². The Bertz CT molecular complexity index is 991. The maximum absolute atomic E-state index is 12.9. The van der Waals surface area contributed by atoms with Crippen molar-refractivity contribution in [1.29, 1.82) is 0 Å². The van der Waals surface area contributed by atoms with E-state index < -0.39 is 0 Å². The zero-order valence-electron chi connectivity index (χ0n) is 21.8. The van der Waals surface area contributed by atoms with Gasteiger partial charge in [0, 0.05) is 24.8 Å². The number of hydrogen-bond acceptors (Lipinski definition) is 4. The van der Waals surface area contributed by atoms with Crippen LogP contribution in [0.3, 0.4) is 0 Å². The molecule has 5 nitrogen and oxygen atoms in total. The monoisotopic (exact) mass is 490 g/mol. The van der Waals surface area contributed by atoms with Crippen LogP contribution >= 0.6 is 0 Å². The molecule has 2 aliphatic heterocycles. The van der Waals surface area contributed by atoms with Crippen LogP contribution in [0.5, 0.6) is 5.75 Å². The Morgan fingerprint density at radius 3 is 2.64 bits per heavy atom. The molecule has 3 aliphatic rings. The first-order valence-corrected chi connectivity index (χ1v) is 14.1. The van der Waals surface area contributed by atoms with Crippen LogP contribution in [0, 0.1) is 5.92 Å². The van der Waals surface area contributed by atoms with Crippen molar-refractivity contribution in [3.63, 3.8) is 0 Å². The molecule has 2 aromatic carbocycles. The van der Waals surface area contributed by atoms with E-state index in [1.165, 1.54) is 55.5 Å². The van der Waals surface area contributed by atoms with E-state index in [1.807, 2.05) is 24.3 Å². The maximum atomic E-state index is 12.9. The Hall–Kier alpha value is -2.37. The number of nitrogens with zero attached hydrogens (tertiary/aromatic N) is 1. The Morgan fingerprint density at radius 1 is 1.06 bits per heavy atom. The van der Waals surface area contributed by atoms with Gasteiger partial charge in [-0.1, -0.05) is 38.0 Å². The van der Waals surface area contributed by atoms with E-state index in [1.54, 1.807) is 0 Å². The minimum absolute atomic E-state index is 0.00257. The van der Waals surface area contributed by atoms with Crippen LogP contribution in [0.15, 0.2) is 42.5 Å². The third kappa shape index (κ3) is 6.68. The fourth-order valence-corrected chi connectivity index (χ4v) is 6.07. The van der Waals surface area contributed by atoms with Gasteiger partial charge in [0.15, 0.2) is 0 Å². The summed E-state index contributed by atoms with van der Waals surface area (Å²) in [5, 5.41) is 3.26. The Morgan fingerprint density at radius 2 is 1.89 bits per heavy atom. The molecule has 0 aromatic heterocycles. The van der Waals surface area contributed by atoms with Gasteiger partial charge in [-0.3, -0.25) is 9.69 Å². The van der Waals surface area contributed by atoms with Crippen molar-refractivity contribution >= 4 is 5.91 Å². The van der Waals surface area contributed by atoms with Crippen LogP contribution in [0.25, 0.3) is 0 Å². The summed E-state index contributed by atoms with van der Waals surface area (Å²) in [6.07, 6.45) is 10.7. The summed E-state index contributed by atoms with van der Waals surface area (Å²) < 4.78 is 11.4. The SMILES string of the molecule is CCCC1CCN(Cc2ccc3c(c2)CC[C@H](NC(=O)c2ccc(OC[C@@H]4CCCO4)cc2)C3)CC1. The lowest BCUT2D eigenvalue weighted by molar-refractivity contribution is 0.0679. The van der Waals surface area contributed by atoms with E-state index in [9.17, 15) is 4.79 Å². The molecular formula is C31H42N2O3. The summed E-state index contributed by atoms with van der Waals surface area (Å²) in [6, 6.07) is 14.7. The smallest absolute Gasteiger partial charge is 0.251 e. The Kier molecular flexibility index (Phi) is 8.60. The molecule has 0 unspecified atom stereocenters. The number of aryl methyl sites for hydroxylation is 1. The third-order valence-corrected chi connectivity index (χ3v) is 8.22. The fraction of sp³-hybridized carbons (Fsp3) is 0.581. The number of hydrogen-bond donors (Lipinski definition) is 1. The summed E-state index contributed by atoms with van der Waals surface area (Å²) in [4.78, 5) is 15.5. The molecule has 194 valence electrons. The van der Waals surface area contributed by atoms with Crippen molar-refractivity contribution in [3.8, 4) is 5.75 Å². The number of rotatable bonds is 9. The van der Waals surface area contributed by atoms with Crippen LogP contribution in [0.4, 0.5) is 0 Å². The molecule has 5 heteroatoms. The molecule has 1 N–H and O–H groups in total. The quantitative estimate of drug-likeness (QED) is 0.501. The Balaban J connectivity index is 1.09. The van der Waals surface area contributed by atoms with Gasteiger partial charge in [-0.05, 0) is 105 Å². The van der Waals surface area contributed by atoms with E-state index in [0.717, 1.165) is 56.9 Å².